The molecule has 0 amide bonds. The molecule has 5 rings (SSSR count). The van der Waals surface area contributed by atoms with Crippen LogP contribution in [0.25, 0.3) is 0 Å². The molecule has 0 aromatic carbocycles. The molecule has 5 fully saturated rings. The predicted octanol–water partition coefficient (Wildman–Crippen LogP) is 3.23. The number of epoxide rings is 1. The summed E-state index contributed by atoms with van der Waals surface area (Å²) in [5, 5.41) is 20.2. The van der Waals surface area contributed by atoms with Gasteiger partial charge in [0.2, 0.25) is 0 Å². The molecule has 4 unspecified atom stereocenters. The predicted molar refractivity (Wildman–Crippen MR) is 91.3 cm³/mol. The van der Waals surface area contributed by atoms with Crippen molar-refractivity contribution in [3.05, 3.63) is 0 Å². The number of fused-ring (bicyclic) bond motifs is 4. The first-order chi connectivity index (χ1) is 11.7. The maximum Gasteiger partial charge on any atom is 0.184 e. The van der Waals surface area contributed by atoms with Crippen molar-refractivity contribution in [1.82, 2.24) is 0 Å². The van der Waals surface area contributed by atoms with E-state index in [1.165, 1.54) is 0 Å². The van der Waals surface area contributed by atoms with Gasteiger partial charge in [-0.25, -0.2) is 0 Å². The molecule has 4 heteroatoms. The van der Waals surface area contributed by atoms with Crippen molar-refractivity contribution in [2.75, 3.05) is 0 Å². The number of carbonyl (C=O) groups is 1. The fourth-order valence-electron chi connectivity index (χ4n) is 8.20. The van der Waals surface area contributed by atoms with E-state index in [1.54, 1.807) is 0 Å². The van der Waals surface area contributed by atoms with Crippen LogP contribution in [-0.2, 0) is 9.53 Å². The highest BCUT2D eigenvalue weighted by Gasteiger charge is 2.84. The molecule has 136 valence electrons. The molecule has 1 heterocycles. The molecule has 5 aliphatic rings. The van der Waals surface area contributed by atoms with Gasteiger partial charge >= 0.3 is 0 Å². The number of aliphatic hydroxyl groups is 1. The zero-order valence-electron chi connectivity index (χ0n) is 15.5. The molecule has 0 aromatic heterocycles. The van der Waals surface area contributed by atoms with E-state index in [-0.39, 0.29) is 28.3 Å². The number of ether oxygens (including phenoxy) is 1. The largest absolute Gasteiger partial charge is 0.393 e. The van der Waals surface area contributed by atoms with Crippen LogP contribution in [0, 0.1) is 45.8 Å². The summed E-state index contributed by atoms with van der Waals surface area (Å²) in [6, 6.07) is 2.28. The first-order valence-corrected chi connectivity index (χ1v) is 10.1. The minimum Gasteiger partial charge on any atom is -0.393 e. The summed E-state index contributed by atoms with van der Waals surface area (Å²) in [4.78, 5) is 12.8. The van der Waals surface area contributed by atoms with Crippen LogP contribution in [0.15, 0.2) is 0 Å². The molecular weight excluding hydrogens is 314 g/mol. The molecule has 25 heavy (non-hydrogen) atoms. The Kier molecular flexibility index (Phi) is 2.92. The molecule has 4 saturated carbocycles. The zero-order valence-corrected chi connectivity index (χ0v) is 15.5. The number of Topliss-reactive ketones (excluding diaryl/α,β-unsaturated/α-hetero) is 1. The minimum absolute atomic E-state index is 0.0165. The molecule has 1 spiro atoms. The quantitative estimate of drug-likeness (QED) is 0.685. The van der Waals surface area contributed by atoms with Gasteiger partial charge in [-0.05, 0) is 75.0 Å². The fraction of sp³-hybridized carbons (Fsp3) is 0.905. The van der Waals surface area contributed by atoms with E-state index in [1.807, 2.05) is 6.92 Å². The van der Waals surface area contributed by atoms with Gasteiger partial charge in [0.05, 0.1) is 12.2 Å². The van der Waals surface area contributed by atoms with Gasteiger partial charge in [-0.2, -0.15) is 5.26 Å². The number of carbonyl (C=O) groups excluding carboxylic acids is 1. The van der Waals surface area contributed by atoms with Crippen LogP contribution in [0.3, 0.4) is 0 Å². The van der Waals surface area contributed by atoms with Crippen molar-refractivity contribution in [2.24, 2.45) is 34.5 Å². The summed E-state index contributed by atoms with van der Waals surface area (Å²) in [6.07, 6.45) is 6.75. The highest BCUT2D eigenvalue weighted by atomic mass is 16.6. The number of nitrogens with zero attached hydrogens (tertiary/aromatic N) is 1. The summed E-state index contributed by atoms with van der Waals surface area (Å²) >= 11 is 0. The number of hydrogen-bond donors (Lipinski definition) is 1. The van der Waals surface area contributed by atoms with Crippen molar-refractivity contribution in [3.8, 4) is 6.07 Å². The van der Waals surface area contributed by atoms with Crippen LogP contribution in [0.2, 0.25) is 0 Å². The molecule has 1 saturated heterocycles. The smallest absolute Gasteiger partial charge is 0.184 e. The summed E-state index contributed by atoms with van der Waals surface area (Å²) in [5.41, 5.74) is -1.10. The maximum absolute atomic E-state index is 12.8. The Morgan fingerprint density at radius 2 is 1.88 bits per heavy atom. The van der Waals surface area contributed by atoms with E-state index in [0.717, 1.165) is 38.5 Å². The van der Waals surface area contributed by atoms with E-state index in [2.05, 4.69) is 19.9 Å². The van der Waals surface area contributed by atoms with Gasteiger partial charge in [0.15, 0.2) is 11.4 Å². The Bertz CT molecular complexity index is 700. The summed E-state index contributed by atoms with van der Waals surface area (Å²) < 4.78 is 6.26. The number of hydrogen-bond acceptors (Lipinski definition) is 4. The average Bonchev–Trinajstić information content (AvgIpc) is 3.11. The number of aliphatic hydroxyl groups excluding tert-OH is 1. The zero-order chi connectivity index (χ0) is 17.8. The second-order valence-corrected chi connectivity index (χ2v) is 10.2. The number of rotatable bonds is 0. The molecule has 0 radical (unpaired) electrons. The second-order valence-electron chi connectivity index (χ2n) is 10.2. The van der Waals surface area contributed by atoms with Gasteiger partial charge in [-0.1, -0.05) is 13.8 Å². The normalized spacial score (nSPS) is 62.2. The topological polar surface area (TPSA) is 73.6 Å². The standard InChI is InChI=1S/C21H29NO3/c1-18-8-7-15-13(14(18)4-5-16(18)23)6-9-21-19(15,2)10-12(11-22)17(24)20(21,3)25-21/h12-16,23H,4-10H2,1-3H3/t12-,13-,14-,15-,16?,18?,19?,20?,21-/m0/s1. The first kappa shape index (κ1) is 16.3. The molecule has 0 aromatic rings. The highest BCUT2D eigenvalue weighted by Crippen LogP contribution is 2.75. The molecule has 4 nitrogen and oxygen atoms in total. The lowest BCUT2D eigenvalue weighted by Gasteiger charge is -2.59. The third-order valence-electron chi connectivity index (χ3n) is 9.64. The van der Waals surface area contributed by atoms with Crippen LogP contribution < -0.4 is 0 Å². The van der Waals surface area contributed by atoms with Gasteiger partial charge in [0, 0.05) is 5.41 Å². The number of nitriles is 1. The van der Waals surface area contributed by atoms with Crippen molar-refractivity contribution in [2.45, 2.75) is 83.0 Å². The molecular formula is C21H29NO3. The summed E-state index contributed by atoms with van der Waals surface area (Å²) in [7, 11) is 0. The molecule has 4 aliphatic carbocycles. The van der Waals surface area contributed by atoms with Crippen molar-refractivity contribution in [1.29, 1.82) is 5.26 Å². The fourth-order valence-corrected chi connectivity index (χ4v) is 8.20. The molecule has 1 N–H and O–H groups in total. The van der Waals surface area contributed by atoms with E-state index in [0.29, 0.717) is 24.2 Å². The van der Waals surface area contributed by atoms with Crippen molar-refractivity contribution in [3.63, 3.8) is 0 Å². The number of ketones is 1. The summed E-state index contributed by atoms with van der Waals surface area (Å²) in [6.45, 7) is 6.53. The molecule has 1 aliphatic heterocycles. The lowest BCUT2D eigenvalue weighted by molar-refractivity contribution is -0.141. The van der Waals surface area contributed by atoms with E-state index in [4.69, 9.17) is 4.74 Å². The van der Waals surface area contributed by atoms with Crippen LogP contribution in [0.4, 0.5) is 0 Å². The van der Waals surface area contributed by atoms with Gasteiger partial charge in [-0.15, -0.1) is 0 Å². The van der Waals surface area contributed by atoms with Crippen LogP contribution in [-0.4, -0.2) is 28.2 Å². The second kappa shape index (κ2) is 4.49. The lowest BCUT2D eigenvalue weighted by Crippen LogP contribution is -2.61. The Morgan fingerprint density at radius 3 is 2.60 bits per heavy atom. The Balaban J connectivity index is 1.55. The van der Waals surface area contributed by atoms with E-state index in [9.17, 15) is 15.2 Å². The van der Waals surface area contributed by atoms with Gasteiger partial charge in [0.25, 0.3) is 0 Å². The average molecular weight is 343 g/mol. The van der Waals surface area contributed by atoms with Crippen LogP contribution in [0.5, 0.6) is 0 Å². The third-order valence-corrected chi connectivity index (χ3v) is 9.64. The highest BCUT2D eigenvalue weighted by molar-refractivity contribution is 5.96. The van der Waals surface area contributed by atoms with Gasteiger partial charge in [-0.3, -0.25) is 4.79 Å². The molecule has 9 atom stereocenters. The van der Waals surface area contributed by atoms with Crippen molar-refractivity contribution < 1.29 is 14.6 Å². The Morgan fingerprint density at radius 1 is 1.12 bits per heavy atom. The Labute approximate surface area is 149 Å². The summed E-state index contributed by atoms with van der Waals surface area (Å²) in [5.74, 6) is 1.19. The monoisotopic (exact) mass is 343 g/mol. The maximum atomic E-state index is 12.8. The van der Waals surface area contributed by atoms with Crippen LogP contribution in [0.1, 0.15) is 65.7 Å². The minimum atomic E-state index is -0.735. The molecule has 0 bridgehead atoms. The van der Waals surface area contributed by atoms with Gasteiger partial charge < -0.3 is 9.84 Å². The van der Waals surface area contributed by atoms with E-state index >= 15 is 0 Å². The van der Waals surface area contributed by atoms with Gasteiger partial charge in [0.1, 0.15) is 11.5 Å². The Hall–Kier alpha value is -0.920. The van der Waals surface area contributed by atoms with E-state index < -0.39 is 11.5 Å². The third kappa shape index (κ3) is 1.56. The SMILES string of the molecule is CC12CC[C@H]3[C@@H](CC[C@@]45OC4(C)C(=O)[C@H](C#N)CC35C)[C@@H]1CCC2O. The van der Waals surface area contributed by atoms with Crippen molar-refractivity contribution >= 4 is 5.78 Å². The van der Waals surface area contributed by atoms with Crippen LogP contribution >= 0.6 is 0 Å². The lowest BCUT2D eigenvalue weighted by atomic mass is 9.43. The first-order valence-electron chi connectivity index (χ1n) is 10.1.